The summed E-state index contributed by atoms with van der Waals surface area (Å²) < 4.78 is 47.7. The molecule has 0 saturated carbocycles. The molecule has 0 saturated heterocycles. The van der Waals surface area contributed by atoms with Gasteiger partial charge in [-0.15, -0.1) is 0 Å². The van der Waals surface area contributed by atoms with E-state index < -0.39 is 35.7 Å². The van der Waals surface area contributed by atoms with Crippen molar-refractivity contribution in [1.82, 2.24) is 29.9 Å². The Labute approximate surface area is 735 Å². The highest BCUT2D eigenvalue weighted by molar-refractivity contribution is 7.00. The molecule has 14 aromatic carbocycles. The van der Waals surface area contributed by atoms with Crippen LogP contribution < -0.4 is 26.2 Å². The van der Waals surface area contributed by atoms with Crippen molar-refractivity contribution in [1.29, 1.82) is 0 Å². The highest BCUT2D eigenvalue weighted by atomic mass is 15.2. The van der Waals surface area contributed by atoms with E-state index in [-0.39, 0.29) is 39.3 Å². The van der Waals surface area contributed by atoms with Crippen LogP contribution in [-0.4, -0.2) is 36.6 Å². The second-order valence-corrected chi connectivity index (χ2v) is 39.3. The quantitative estimate of drug-likeness (QED) is 0.106. The molecule has 9 heteroatoms. The van der Waals surface area contributed by atoms with Crippen LogP contribution in [-0.2, 0) is 32.5 Å². The number of rotatable bonds is 13. The lowest BCUT2D eigenvalue weighted by molar-refractivity contribution is 0.568. The van der Waals surface area contributed by atoms with Crippen LogP contribution in [0.4, 0.5) is 34.1 Å². The maximum absolute atomic E-state index is 9.94. The fraction of sp³-hybridized carbons (Fsp3) is 0.211. The Morgan fingerprint density at radius 3 is 0.780 bits per heavy atom. The Balaban J connectivity index is 1.09. The summed E-state index contributed by atoms with van der Waals surface area (Å²) in [6.07, 6.45) is 0. The molecule has 18 rings (SSSR count). The van der Waals surface area contributed by atoms with E-state index in [0.29, 0.717) is 51.8 Å². The summed E-state index contributed by atoms with van der Waals surface area (Å²) in [6, 6.07) is 102. The summed E-state index contributed by atoms with van der Waals surface area (Å²) in [5.74, 6) is 2.91. The van der Waals surface area contributed by atoms with Gasteiger partial charge in [0.15, 0.2) is 34.9 Å². The average molecular weight is 1610 g/mol. The van der Waals surface area contributed by atoms with Crippen LogP contribution in [0.1, 0.15) is 165 Å². The summed E-state index contributed by atoms with van der Waals surface area (Å²) in [5, 5.41) is 0. The molecule has 606 valence electrons. The third-order valence-electron chi connectivity index (χ3n) is 24.3. The van der Waals surface area contributed by atoms with Gasteiger partial charge >= 0.3 is 0 Å². The first kappa shape index (κ1) is 74.8. The Bertz CT molecular complexity index is 6840. The first-order valence-corrected chi connectivity index (χ1v) is 43.0. The van der Waals surface area contributed by atoms with Gasteiger partial charge in [0.25, 0.3) is 6.71 Å². The number of benzene rings is 14. The number of nitrogens with zero attached hydrogens (tertiary/aromatic N) is 8. The monoisotopic (exact) mass is 1600 g/mol. The standard InChI is InChI=1S/C114H107BN8/c1-109(2,3)84-58-81(59-85(66-84)110(4,5)6)80-55-57-95-97(63-80)123(102-91(74-44-30-21-31-45-74)69-89(114(16,17)18)71-93(102)108-120-105(77-50-36-24-37-51-77)117-106(121-108)78-52-38-25-39-53-78)99-65-83(82-60-86(111(7,8)9)67-87(61-82)112(10,11)12)64-98-100(99)115(95)94-56-54-79(72-40-26-19-27-41-72)62-96(94)122(98)101-90(73-42-28-20-29-43-73)68-88(113(13,14)15)70-92(101)107-118-103(75-46-32-22-33-47-75)116-104(119-107)76-48-34-23-35-49-76/h19-71H,1-18H3/i19D,26D,27D,40D,41D. The molecule has 0 atom stereocenters. The molecular weight excluding hydrogens is 1490 g/mol. The largest absolute Gasteiger partial charge is 0.310 e. The molecule has 0 spiro atoms. The zero-order valence-corrected chi connectivity index (χ0v) is 73.9. The minimum Gasteiger partial charge on any atom is -0.310 e. The van der Waals surface area contributed by atoms with E-state index in [1.165, 1.54) is 22.3 Å². The molecule has 0 amide bonds. The lowest BCUT2D eigenvalue weighted by atomic mass is 9.33. The van der Waals surface area contributed by atoms with Gasteiger partial charge < -0.3 is 9.80 Å². The van der Waals surface area contributed by atoms with Gasteiger partial charge in [0.2, 0.25) is 0 Å². The number of aromatic nitrogens is 6. The van der Waals surface area contributed by atoms with E-state index in [0.717, 1.165) is 128 Å². The number of hydrogen-bond donors (Lipinski definition) is 0. The molecule has 0 bridgehead atoms. The third-order valence-corrected chi connectivity index (χ3v) is 24.3. The van der Waals surface area contributed by atoms with Crippen LogP contribution in [0.5, 0.6) is 0 Å². The molecule has 0 aliphatic carbocycles. The SMILES string of the molecule is [2H]c1c([2H])c([2H])c(-c2ccc3c(c2)N(c2c(-c4ccccc4)cc(C(C)(C)C)cc2-c2nc(-c4ccccc4)nc(-c4ccccc4)n2)c2cc(-c4cc(C(C)(C)C)cc(C(C)(C)C)c4)cc4c2B3c2ccc(-c3cc(C(C)(C)C)cc(C(C)(C)C)c3)cc2N4c2c(-c3ccccc3)cc(C(C)(C)C)cc2-c2nc(-c3ccccc3)nc(-c3ccccc3)n2)c([2H])c1[2H]. The normalized spacial score (nSPS) is 13.5. The van der Waals surface area contributed by atoms with E-state index in [4.69, 9.17) is 31.3 Å². The minimum atomic E-state index is -0.597. The average Bonchev–Trinajstić information content (AvgIpc) is 0.683. The van der Waals surface area contributed by atoms with Crippen LogP contribution in [0.15, 0.2) is 321 Å². The molecule has 4 heterocycles. The summed E-state index contributed by atoms with van der Waals surface area (Å²) in [4.78, 5) is 38.9. The molecule has 16 aromatic rings. The molecule has 123 heavy (non-hydrogen) atoms. The van der Waals surface area contributed by atoms with Gasteiger partial charge in [-0.1, -0.05) is 397 Å². The predicted molar refractivity (Wildman–Crippen MR) is 519 cm³/mol. The van der Waals surface area contributed by atoms with E-state index in [1.807, 2.05) is 103 Å². The molecule has 8 nitrogen and oxygen atoms in total. The zero-order chi connectivity index (χ0) is 90.2. The van der Waals surface area contributed by atoms with Gasteiger partial charge in [0.1, 0.15) is 0 Å². The van der Waals surface area contributed by atoms with Crippen LogP contribution in [0.3, 0.4) is 0 Å². The van der Waals surface area contributed by atoms with E-state index in [1.54, 1.807) is 0 Å². The predicted octanol–water partition coefficient (Wildman–Crippen LogP) is 28.3. The first-order chi connectivity index (χ1) is 60.8. The molecule has 2 aliphatic rings. The summed E-state index contributed by atoms with van der Waals surface area (Å²) in [6.45, 7) is 40.6. The maximum atomic E-state index is 9.94. The van der Waals surface area contributed by atoms with Gasteiger partial charge in [-0.25, -0.2) is 29.9 Å². The van der Waals surface area contributed by atoms with Crippen LogP contribution >= 0.6 is 0 Å². The van der Waals surface area contributed by atoms with Gasteiger partial charge in [-0.05, 0) is 175 Å². The zero-order valence-electron chi connectivity index (χ0n) is 78.9. The van der Waals surface area contributed by atoms with Gasteiger partial charge in [0, 0.05) is 67.3 Å². The van der Waals surface area contributed by atoms with E-state index >= 15 is 0 Å². The highest BCUT2D eigenvalue weighted by Crippen LogP contribution is 2.56. The summed E-state index contributed by atoms with van der Waals surface area (Å²) in [5.41, 5.74) is 25.6. The number of fused-ring (bicyclic) bond motifs is 4. The number of anilines is 6. The van der Waals surface area contributed by atoms with Crippen molar-refractivity contribution in [3.8, 4) is 124 Å². The lowest BCUT2D eigenvalue weighted by Gasteiger charge is -2.46. The third kappa shape index (κ3) is 15.7. The van der Waals surface area contributed by atoms with Crippen molar-refractivity contribution < 1.29 is 6.85 Å². The van der Waals surface area contributed by atoms with Crippen molar-refractivity contribution in [2.75, 3.05) is 9.80 Å². The molecule has 0 fully saturated rings. The molecule has 0 unspecified atom stereocenters. The minimum absolute atomic E-state index is 0.0765. The fourth-order valence-corrected chi connectivity index (χ4v) is 17.2. The molecule has 2 aromatic heterocycles. The molecular formula is C114H107BN8. The fourth-order valence-electron chi connectivity index (χ4n) is 17.2. The molecule has 2 aliphatic heterocycles. The van der Waals surface area contributed by atoms with E-state index in [2.05, 4.69) is 322 Å². The van der Waals surface area contributed by atoms with Crippen molar-refractivity contribution in [2.45, 2.75) is 157 Å². The Morgan fingerprint density at radius 1 is 0.220 bits per heavy atom. The second kappa shape index (κ2) is 31.0. The van der Waals surface area contributed by atoms with Crippen molar-refractivity contribution in [3.05, 3.63) is 355 Å². The Hall–Kier alpha value is -13.2. The number of hydrogen-bond acceptors (Lipinski definition) is 8. The molecule has 0 radical (unpaired) electrons. The first-order valence-electron chi connectivity index (χ1n) is 45.5. The van der Waals surface area contributed by atoms with Crippen molar-refractivity contribution in [2.24, 2.45) is 0 Å². The van der Waals surface area contributed by atoms with Crippen molar-refractivity contribution >= 4 is 57.2 Å². The van der Waals surface area contributed by atoms with Gasteiger partial charge in [-0.3, -0.25) is 0 Å². The maximum Gasteiger partial charge on any atom is 0.252 e. The second-order valence-electron chi connectivity index (χ2n) is 39.3. The lowest BCUT2D eigenvalue weighted by Crippen LogP contribution is -2.61. The molecule has 0 N–H and O–H groups in total. The van der Waals surface area contributed by atoms with Crippen LogP contribution in [0.2, 0.25) is 0 Å². The topological polar surface area (TPSA) is 83.8 Å². The Kier molecular flexibility index (Phi) is 18.9. The van der Waals surface area contributed by atoms with Crippen LogP contribution in [0, 0.1) is 0 Å². The van der Waals surface area contributed by atoms with Crippen molar-refractivity contribution in [3.63, 3.8) is 0 Å². The van der Waals surface area contributed by atoms with Gasteiger partial charge in [0.05, 0.1) is 18.2 Å². The highest BCUT2D eigenvalue weighted by Gasteiger charge is 2.47. The van der Waals surface area contributed by atoms with Gasteiger partial charge in [-0.2, -0.15) is 0 Å². The summed E-state index contributed by atoms with van der Waals surface area (Å²) in [7, 11) is 0. The van der Waals surface area contributed by atoms with Crippen LogP contribution in [0.25, 0.3) is 124 Å². The summed E-state index contributed by atoms with van der Waals surface area (Å²) >= 11 is 0. The Morgan fingerprint density at radius 2 is 0.472 bits per heavy atom. The van der Waals surface area contributed by atoms with E-state index in [9.17, 15) is 5.48 Å². The smallest absolute Gasteiger partial charge is 0.252 e.